The maximum atomic E-state index is 13.0. The number of aromatic nitrogens is 3. The second-order valence-corrected chi connectivity index (χ2v) is 4.69. The quantitative estimate of drug-likeness (QED) is 0.772. The highest BCUT2D eigenvalue weighted by molar-refractivity contribution is 5.90. The standard InChI is InChI=1S/C13H14F2N4O2/c1-7(16-12(20)11-17-13(21)19-18-11)2-3-8-4-5-9(14)10(15)6-8/h4-7H,2-3H2,1H3,(H,16,20)(H2,17,18,19,21). The van der Waals surface area contributed by atoms with Crippen molar-refractivity contribution in [3.8, 4) is 0 Å². The van der Waals surface area contributed by atoms with Gasteiger partial charge in [-0.1, -0.05) is 6.07 Å². The first-order chi connectivity index (χ1) is 9.95. The van der Waals surface area contributed by atoms with E-state index in [4.69, 9.17) is 0 Å². The molecule has 6 nitrogen and oxygen atoms in total. The number of aryl methyl sites for hydroxylation is 1. The van der Waals surface area contributed by atoms with Crippen LogP contribution >= 0.6 is 0 Å². The highest BCUT2D eigenvalue weighted by atomic mass is 19.2. The zero-order valence-electron chi connectivity index (χ0n) is 11.2. The molecule has 0 saturated carbocycles. The minimum absolute atomic E-state index is 0.0975. The zero-order chi connectivity index (χ0) is 15.4. The summed E-state index contributed by atoms with van der Waals surface area (Å²) < 4.78 is 25.8. The maximum absolute atomic E-state index is 13.0. The fourth-order valence-electron chi connectivity index (χ4n) is 1.82. The molecular formula is C13H14F2N4O2. The third kappa shape index (κ3) is 3.98. The summed E-state index contributed by atoms with van der Waals surface area (Å²) in [7, 11) is 0. The minimum atomic E-state index is -0.890. The highest BCUT2D eigenvalue weighted by Crippen LogP contribution is 2.11. The Morgan fingerprint density at radius 1 is 1.38 bits per heavy atom. The van der Waals surface area contributed by atoms with Gasteiger partial charge in [-0.25, -0.2) is 18.7 Å². The van der Waals surface area contributed by atoms with Gasteiger partial charge >= 0.3 is 5.69 Å². The Labute approximate surface area is 118 Å². The Bertz CT molecular complexity index is 695. The molecule has 0 fully saturated rings. The van der Waals surface area contributed by atoms with Crippen molar-refractivity contribution in [2.24, 2.45) is 0 Å². The lowest BCUT2D eigenvalue weighted by molar-refractivity contribution is 0.0928. The van der Waals surface area contributed by atoms with Gasteiger partial charge in [0.05, 0.1) is 0 Å². The van der Waals surface area contributed by atoms with Gasteiger partial charge in [0.1, 0.15) is 0 Å². The number of hydrogen-bond donors (Lipinski definition) is 3. The van der Waals surface area contributed by atoms with Crippen molar-refractivity contribution in [1.82, 2.24) is 20.5 Å². The average Bonchev–Trinajstić information content (AvgIpc) is 2.87. The van der Waals surface area contributed by atoms with Gasteiger partial charge in [0.15, 0.2) is 11.6 Å². The van der Waals surface area contributed by atoms with Crippen LogP contribution in [0.25, 0.3) is 0 Å². The first-order valence-corrected chi connectivity index (χ1v) is 6.35. The summed E-state index contributed by atoms with van der Waals surface area (Å²) in [6, 6.07) is 3.49. The number of H-pyrrole nitrogens is 2. The van der Waals surface area contributed by atoms with Gasteiger partial charge in [-0.2, -0.15) is 0 Å². The number of benzene rings is 1. The molecule has 8 heteroatoms. The van der Waals surface area contributed by atoms with Crippen LogP contribution in [0.5, 0.6) is 0 Å². The molecular weight excluding hydrogens is 282 g/mol. The lowest BCUT2D eigenvalue weighted by Crippen LogP contribution is -2.33. The predicted molar refractivity (Wildman–Crippen MR) is 70.8 cm³/mol. The van der Waals surface area contributed by atoms with E-state index in [1.54, 1.807) is 6.92 Å². The van der Waals surface area contributed by atoms with Crippen LogP contribution in [-0.4, -0.2) is 27.1 Å². The molecule has 0 aliphatic carbocycles. The number of nitrogens with one attached hydrogen (secondary N) is 3. The molecule has 1 atom stereocenters. The van der Waals surface area contributed by atoms with Crippen LogP contribution in [0.4, 0.5) is 8.78 Å². The monoisotopic (exact) mass is 296 g/mol. The molecule has 1 unspecified atom stereocenters. The summed E-state index contributed by atoms with van der Waals surface area (Å²) >= 11 is 0. The van der Waals surface area contributed by atoms with Crippen molar-refractivity contribution in [3.05, 3.63) is 51.7 Å². The molecule has 0 bridgehead atoms. The van der Waals surface area contributed by atoms with Gasteiger partial charge < -0.3 is 5.32 Å². The third-order valence-electron chi connectivity index (χ3n) is 2.94. The smallest absolute Gasteiger partial charge is 0.341 e. The van der Waals surface area contributed by atoms with Gasteiger partial charge in [-0.05, 0) is 37.5 Å². The second-order valence-electron chi connectivity index (χ2n) is 4.69. The highest BCUT2D eigenvalue weighted by Gasteiger charge is 2.13. The van der Waals surface area contributed by atoms with Crippen LogP contribution in [0.3, 0.4) is 0 Å². The van der Waals surface area contributed by atoms with Crippen molar-refractivity contribution in [2.75, 3.05) is 0 Å². The molecule has 2 rings (SSSR count). The van der Waals surface area contributed by atoms with Crippen molar-refractivity contribution < 1.29 is 13.6 Å². The van der Waals surface area contributed by atoms with Crippen LogP contribution in [0.1, 0.15) is 29.5 Å². The van der Waals surface area contributed by atoms with Gasteiger partial charge in [0, 0.05) is 6.04 Å². The van der Waals surface area contributed by atoms with Gasteiger partial charge in [0.2, 0.25) is 5.82 Å². The molecule has 0 spiro atoms. The van der Waals surface area contributed by atoms with E-state index in [1.807, 2.05) is 0 Å². The molecule has 1 aromatic heterocycles. The number of aromatic amines is 2. The molecule has 1 aromatic carbocycles. The van der Waals surface area contributed by atoms with Gasteiger partial charge in [0.25, 0.3) is 5.91 Å². The zero-order valence-corrected chi connectivity index (χ0v) is 11.2. The topological polar surface area (TPSA) is 90.6 Å². The van der Waals surface area contributed by atoms with Crippen LogP contribution in [0.15, 0.2) is 23.0 Å². The molecule has 3 N–H and O–H groups in total. The number of carbonyl (C=O) groups excluding carboxylic acids is 1. The summed E-state index contributed by atoms with van der Waals surface area (Å²) in [6.07, 6.45) is 1.02. The Morgan fingerprint density at radius 3 is 2.76 bits per heavy atom. The Kier molecular flexibility index (Phi) is 4.46. The molecule has 2 aromatic rings. The minimum Gasteiger partial charge on any atom is -0.347 e. The number of nitrogens with zero attached hydrogens (tertiary/aromatic N) is 1. The Morgan fingerprint density at radius 2 is 2.14 bits per heavy atom. The van der Waals surface area contributed by atoms with Crippen LogP contribution in [-0.2, 0) is 6.42 Å². The molecule has 0 aliphatic rings. The summed E-state index contributed by atoms with van der Waals surface area (Å²) in [5.74, 6) is -2.38. The molecule has 21 heavy (non-hydrogen) atoms. The molecule has 112 valence electrons. The number of hydrogen-bond acceptors (Lipinski definition) is 3. The molecule has 0 radical (unpaired) electrons. The van der Waals surface area contributed by atoms with E-state index in [1.165, 1.54) is 6.07 Å². The Hall–Kier alpha value is -2.51. The second kappa shape index (κ2) is 6.29. The van der Waals surface area contributed by atoms with Crippen LogP contribution in [0, 0.1) is 11.6 Å². The first-order valence-electron chi connectivity index (χ1n) is 6.35. The van der Waals surface area contributed by atoms with Gasteiger partial charge in [-0.15, -0.1) is 5.10 Å². The summed E-state index contributed by atoms with van der Waals surface area (Å²) in [4.78, 5) is 24.8. The number of amides is 1. The molecule has 0 saturated heterocycles. The Balaban J connectivity index is 1.87. The summed E-state index contributed by atoms with van der Waals surface area (Å²) in [5.41, 5.74) is 0.0813. The van der Waals surface area contributed by atoms with E-state index in [2.05, 4.69) is 20.5 Å². The van der Waals surface area contributed by atoms with Crippen molar-refractivity contribution in [2.45, 2.75) is 25.8 Å². The van der Waals surface area contributed by atoms with E-state index in [-0.39, 0.29) is 11.9 Å². The third-order valence-corrected chi connectivity index (χ3v) is 2.94. The number of rotatable bonds is 5. The van der Waals surface area contributed by atoms with Crippen molar-refractivity contribution in [3.63, 3.8) is 0 Å². The van der Waals surface area contributed by atoms with E-state index in [0.29, 0.717) is 18.4 Å². The van der Waals surface area contributed by atoms with Crippen LogP contribution < -0.4 is 11.0 Å². The number of carbonyl (C=O) groups is 1. The lowest BCUT2D eigenvalue weighted by Gasteiger charge is -2.12. The fraction of sp³-hybridized carbons (Fsp3) is 0.308. The van der Waals surface area contributed by atoms with Crippen molar-refractivity contribution in [1.29, 1.82) is 0 Å². The van der Waals surface area contributed by atoms with E-state index >= 15 is 0 Å². The number of halogens is 2. The molecule has 1 heterocycles. The largest absolute Gasteiger partial charge is 0.347 e. The first kappa shape index (κ1) is 14.9. The van der Waals surface area contributed by atoms with E-state index in [9.17, 15) is 18.4 Å². The molecule has 0 aliphatic heterocycles. The summed E-state index contributed by atoms with van der Waals surface area (Å²) in [5, 5.41) is 8.25. The van der Waals surface area contributed by atoms with Crippen molar-refractivity contribution >= 4 is 5.91 Å². The predicted octanol–water partition coefficient (Wildman–Crippen LogP) is 1.13. The SMILES string of the molecule is CC(CCc1ccc(F)c(F)c1)NC(=O)c1n[nH]c(=O)[nH]1. The fourth-order valence-corrected chi connectivity index (χ4v) is 1.82. The average molecular weight is 296 g/mol. The molecule has 1 amide bonds. The van der Waals surface area contributed by atoms with Crippen LogP contribution in [0.2, 0.25) is 0 Å². The summed E-state index contributed by atoms with van der Waals surface area (Å²) in [6.45, 7) is 1.77. The normalized spacial score (nSPS) is 12.1. The maximum Gasteiger partial charge on any atom is 0.341 e. The lowest BCUT2D eigenvalue weighted by atomic mass is 10.1. The van der Waals surface area contributed by atoms with E-state index in [0.717, 1.165) is 12.1 Å². The van der Waals surface area contributed by atoms with E-state index < -0.39 is 23.2 Å². The van der Waals surface area contributed by atoms with Gasteiger partial charge in [-0.3, -0.25) is 9.78 Å².